The Kier molecular flexibility index (Phi) is 3.99. The number of hydrogen-bond acceptors (Lipinski definition) is 3. The van der Waals surface area contributed by atoms with Crippen molar-refractivity contribution in [1.82, 2.24) is 10.2 Å². The summed E-state index contributed by atoms with van der Waals surface area (Å²) in [6.07, 6.45) is 0. The van der Waals surface area contributed by atoms with Crippen LogP contribution in [0.25, 0.3) is 0 Å². The van der Waals surface area contributed by atoms with E-state index in [1.54, 1.807) is 5.56 Å². The summed E-state index contributed by atoms with van der Waals surface area (Å²) in [6, 6.07) is 7.57. The van der Waals surface area contributed by atoms with E-state index in [1.165, 1.54) is 37.4 Å². The van der Waals surface area contributed by atoms with Gasteiger partial charge in [0, 0.05) is 56.9 Å². The molecule has 2 heterocycles. The minimum absolute atomic E-state index is 0.587. The molecule has 2 aliphatic rings. The van der Waals surface area contributed by atoms with E-state index in [1.807, 2.05) is 0 Å². The van der Waals surface area contributed by atoms with Crippen LogP contribution in [0.3, 0.4) is 0 Å². The molecule has 1 aromatic carbocycles. The molecule has 1 N–H and O–H groups in total. The first-order chi connectivity index (χ1) is 9.65. The van der Waals surface area contributed by atoms with Crippen molar-refractivity contribution in [2.75, 3.05) is 44.2 Å². The number of fused-ring (bicyclic) bond motifs is 1. The monoisotopic (exact) mass is 273 g/mol. The van der Waals surface area contributed by atoms with Crippen LogP contribution in [0, 0.1) is 6.92 Å². The van der Waals surface area contributed by atoms with Gasteiger partial charge < -0.3 is 15.1 Å². The zero-order valence-electron chi connectivity index (χ0n) is 13.0. The number of hydrogen-bond donors (Lipinski definition) is 1. The second kappa shape index (κ2) is 5.74. The van der Waals surface area contributed by atoms with Crippen LogP contribution in [-0.2, 0) is 0 Å². The Labute approximate surface area is 123 Å². The molecular formula is C17H27N3. The van der Waals surface area contributed by atoms with Gasteiger partial charge in [-0.1, -0.05) is 17.7 Å². The van der Waals surface area contributed by atoms with Crippen LogP contribution in [0.1, 0.15) is 30.9 Å². The van der Waals surface area contributed by atoms with E-state index in [0.29, 0.717) is 12.0 Å². The maximum Gasteiger partial charge on any atom is 0.0405 e. The summed E-state index contributed by atoms with van der Waals surface area (Å²) >= 11 is 0. The van der Waals surface area contributed by atoms with Gasteiger partial charge in [-0.2, -0.15) is 0 Å². The molecular weight excluding hydrogens is 246 g/mol. The SMILES string of the molecule is Cc1ccc2c(c1)C(CN1CCNCC1)CN2C(C)C. The van der Waals surface area contributed by atoms with Gasteiger partial charge >= 0.3 is 0 Å². The Morgan fingerprint density at radius 2 is 2.00 bits per heavy atom. The molecule has 0 amide bonds. The maximum atomic E-state index is 3.44. The molecule has 1 unspecified atom stereocenters. The van der Waals surface area contributed by atoms with E-state index in [2.05, 4.69) is 54.1 Å². The Hall–Kier alpha value is -1.06. The number of piperazine rings is 1. The standard InChI is InChI=1S/C17H27N3/c1-13(2)20-12-15(11-19-8-6-18-7-9-19)16-10-14(3)4-5-17(16)20/h4-5,10,13,15,18H,6-9,11-12H2,1-3H3. The molecule has 0 saturated carbocycles. The largest absolute Gasteiger partial charge is 0.368 e. The van der Waals surface area contributed by atoms with Crippen molar-refractivity contribution < 1.29 is 0 Å². The van der Waals surface area contributed by atoms with Gasteiger partial charge in [-0.05, 0) is 32.4 Å². The fourth-order valence-electron chi connectivity index (χ4n) is 3.55. The van der Waals surface area contributed by atoms with Crippen molar-refractivity contribution in [1.29, 1.82) is 0 Å². The highest BCUT2D eigenvalue weighted by atomic mass is 15.2. The van der Waals surface area contributed by atoms with E-state index in [-0.39, 0.29) is 0 Å². The van der Waals surface area contributed by atoms with E-state index in [9.17, 15) is 0 Å². The Bertz CT molecular complexity index is 463. The molecule has 1 fully saturated rings. The average Bonchev–Trinajstić information content (AvgIpc) is 2.78. The van der Waals surface area contributed by atoms with E-state index >= 15 is 0 Å². The summed E-state index contributed by atoms with van der Waals surface area (Å²) in [6.45, 7) is 13.9. The Balaban J connectivity index is 1.80. The minimum Gasteiger partial charge on any atom is -0.368 e. The van der Waals surface area contributed by atoms with E-state index in [0.717, 1.165) is 13.1 Å². The fraction of sp³-hybridized carbons (Fsp3) is 0.647. The summed E-state index contributed by atoms with van der Waals surface area (Å²) in [4.78, 5) is 5.19. The van der Waals surface area contributed by atoms with Crippen LogP contribution >= 0.6 is 0 Å². The summed E-state index contributed by atoms with van der Waals surface area (Å²) in [5, 5.41) is 3.44. The third-order valence-electron chi connectivity index (χ3n) is 4.66. The van der Waals surface area contributed by atoms with Gasteiger partial charge in [0.1, 0.15) is 0 Å². The molecule has 0 aromatic heterocycles. The van der Waals surface area contributed by atoms with Gasteiger partial charge in [0.2, 0.25) is 0 Å². The summed E-state index contributed by atoms with van der Waals surface area (Å²) < 4.78 is 0. The first kappa shape index (κ1) is 13.9. The molecule has 0 radical (unpaired) electrons. The molecule has 1 saturated heterocycles. The predicted octanol–water partition coefficient (Wildman–Crippen LogP) is 2.21. The molecule has 20 heavy (non-hydrogen) atoms. The highest BCUT2D eigenvalue weighted by molar-refractivity contribution is 5.62. The second-order valence-electron chi connectivity index (χ2n) is 6.56. The lowest BCUT2D eigenvalue weighted by Gasteiger charge is -2.30. The van der Waals surface area contributed by atoms with Crippen LogP contribution in [0.2, 0.25) is 0 Å². The van der Waals surface area contributed by atoms with Crippen LogP contribution in [-0.4, -0.2) is 50.2 Å². The zero-order chi connectivity index (χ0) is 14.1. The molecule has 3 heteroatoms. The molecule has 0 bridgehead atoms. The summed E-state index contributed by atoms with van der Waals surface area (Å²) in [5.41, 5.74) is 4.42. The third kappa shape index (κ3) is 2.70. The van der Waals surface area contributed by atoms with Gasteiger partial charge in [0.05, 0.1) is 0 Å². The first-order valence-electron chi connectivity index (χ1n) is 7.95. The molecule has 0 aliphatic carbocycles. The smallest absolute Gasteiger partial charge is 0.0405 e. The number of nitrogens with zero attached hydrogens (tertiary/aromatic N) is 2. The highest BCUT2D eigenvalue weighted by Crippen LogP contribution is 2.38. The molecule has 3 nitrogen and oxygen atoms in total. The lowest BCUT2D eigenvalue weighted by molar-refractivity contribution is 0.229. The lowest BCUT2D eigenvalue weighted by atomic mass is 9.98. The average molecular weight is 273 g/mol. The summed E-state index contributed by atoms with van der Waals surface area (Å²) in [7, 11) is 0. The molecule has 1 aromatic rings. The molecule has 110 valence electrons. The normalized spacial score (nSPS) is 23.4. The van der Waals surface area contributed by atoms with Crippen molar-refractivity contribution >= 4 is 5.69 Å². The maximum absolute atomic E-state index is 3.44. The Morgan fingerprint density at radius 3 is 2.70 bits per heavy atom. The minimum atomic E-state index is 0.587. The van der Waals surface area contributed by atoms with Crippen LogP contribution in [0.15, 0.2) is 18.2 Å². The lowest BCUT2D eigenvalue weighted by Crippen LogP contribution is -2.45. The molecule has 0 spiro atoms. The van der Waals surface area contributed by atoms with Crippen molar-refractivity contribution in [3.8, 4) is 0 Å². The van der Waals surface area contributed by atoms with Gasteiger partial charge in [-0.25, -0.2) is 0 Å². The highest BCUT2D eigenvalue weighted by Gasteiger charge is 2.31. The molecule has 3 rings (SSSR count). The number of benzene rings is 1. The van der Waals surface area contributed by atoms with Gasteiger partial charge in [0.15, 0.2) is 0 Å². The quantitative estimate of drug-likeness (QED) is 0.911. The first-order valence-corrected chi connectivity index (χ1v) is 7.95. The zero-order valence-corrected chi connectivity index (χ0v) is 13.0. The van der Waals surface area contributed by atoms with Crippen LogP contribution in [0.4, 0.5) is 5.69 Å². The van der Waals surface area contributed by atoms with Crippen LogP contribution < -0.4 is 10.2 Å². The van der Waals surface area contributed by atoms with Crippen molar-refractivity contribution in [2.24, 2.45) is 0 Å². The predicted molar refractivity (Wildman–Crippen MR) is 85.7 cm³/mol. The topological polar surface area (TPSA) is 18.5 Å². The van der Waals surface area contributed by atoms with Crippen molar-refractivity contribution in [3.63, 3.8) is 0 Å². The van der Waals surface area contributed by atoms with E-state index < -0.39 is 0 Å². The third-order valence-corrected chi connectivity index (χ3v) is 4.66. The van der Waals surface area contributed by atoms with Crippen molar-refractivity contribution in [3.05, 3.63) is 29.3 Å². The Morgan fingerprint density at radius 1 is 1.25 bits per heavy atom. The van der Waals surface area contributed by atoms with E-state index in [4.69, 9.17) is 0 Å². The second-order valence-corrected chi connectivity index (χ2v) is 6.56. The number of rotatable bonds is 3. The van der Waals surface area contributed by atoms with Crippen LogP contribution in [0.5, 0.6) is 0 Å². The summed E-state index contributed by atoms with van der Waals surface area (Å²) in [5.74, 6) is 0.672. The molecule has 2 aliphatic heterocycles. The number of nitrogens with one attached hydrogen (secondary N) is 1. The van der Waals surface area contributed by atoms with Gasteiger partial charge in [-0.3, -0.25) is 0 Å². The van der Waals surface area contributed by atoms with Crippen molar-refractivity contribution in [2.45, 2.75) is 32.7 Å². The van der Waals surface area contributed by atoms with Gasteiger partial charge in [-0.15, -0.1) is 0 Å². The number of aryl methyl sites for hydroxylation is 1. The van der Waals surface area contributed by atoms with Gasteiger partial charge in [0.25, 0.3) is 0 Å². The number of anilines is 1. The molecule has 1 atom stereocenters. The fourth-order valence-corrected chi connectivity index (χ4v) is 3.55.